The number of carbonyl (C=O) groups excluding carboxylic acids is 1. The van der Waals surface area contributed by atoms with Crippen molar-refractivity contribution in [2.75, 3.05) is 33.0 Å². The van der Waals surface area contributed by atoms with Crippen LogP contribution in [0.1, 0.15) is 29.3 Å². The van der Waals surface area contributed by atoms with E-state index < -0.39 is 34.3 Å². The number of nitrogens with zero attached hydrogens (tertiary/aromatic N) is 3. The number of benzene rings is 3. The highest BCUT2D eigenvalue weighted by Gasteiger charge is 2.28. The number of hydrogen-bond acceptors (Lipinski definition) is 10. The second-order valence-electron chi connectivity index (χ2n) is 9.98. The number of aromatic nitrogens is 1. The molecule has 0 bridgehead atoms. The molecule has 0 spiro atoms. The van der Waals surface area contributed by atoms with Crippen molar-refractivity contribution in [3.05, 3.63) is 101 Å². The summed E-state index contributed by atoms with van der Waals surface area (Å²) < 4.78 is 54.4. The van der Waals surface area contributed by atoms with Crippen LogP contribution < -0.4 is 19.5 Å². The number of methoxy groups -OCH3 is 1. The first kappa shape index (κ1) is 31.7. The van der Waals surface area contributed by atoms with Crippen LogP contribution in [0.4, 0.5) is 8.78 Å². The summed E-state index contributed by atoms with van der Waals surface area (Å²) in [7, 11) is 3.19. The molecule has 9 nitrogen and oxygen atoms in total. The van der Waals surface area contributed by atoms with Gasteiger partial charge in [0.25, 0.3) is 11.8 Å². The highest BCUT2D eigenvalue weighted by molar-refractivity contribution is 7.99. The fraction of sp³-hybridized carbons (Fsp3) is 0.242. The van der Waals surface area contributed by atoms with E-state index >= 15 is 8.78 Å². The van der Waals surface area contributed by atoms with Crippen molar-refractivity contribution in [2.45, 2.75) is 24.1 Å². The summed E-state index contributed by atoms with van der Waals surface area (Å²) in [5.74, 6) is -3.25. The van der Waals surface area contributed by atoms with Crippen LogP contribution in [0, 0.1) is 23.0 Å². The zero-order valence-electron chi connectivity index (χ0n) is 24.6. The summed E-state index contributed by atoms with van der Waals surface area (Å²) >= 11 is 0.761. The number of para-hydroxylation sites is 1. The minimum atomic E-state index is -1.10. The summed E-state index contributed by atoms with van der Waals surface area (Å²) in [6.07, 6.45) is -0.272. The summed E-state index contributed by atoms with van der Waals surface area (Å²) in [4.78, 5) is 17.5. The molecule has 1 unspecified atom stereocenters. The smallest absolute Gasteiger partial charge is 0.306 e. The second-order valence-corrected chi connectivity index (χ2v) is 11.1. The molecule has 0 aliphatic carbocycles. The number of esters is 1. The lowest BCUT2D eigenvalue weighted by Gasteiger charge is -2.22. The van der Waals surface area contributed by atoms with E-state index in [9.17, 15) is 10.1 Å². The number of hydrogen-bond donors (Lipinski definition) is 1. The number of thioether (sulfide) groups is 1. The number of likely N-dealkylation sites (N-methyl/N-ethyl adjacent to an activating group) is 1. The minimum absolute atomic E-state index is 0.00312. The van der Waals surface area contributed by atoms with Crippen LogP contribution in [0.15, 0.2) is 77.7 Å². The van der Waals surface area contributed by atoms with Gasteiger partial charge >= 0.3 is 5.97 Å². The molecule has 45 heavy (non-hydrogen) atoms. The first-order valence-corrected chi connectivity index (χ1v) is 15.0. The lowest BCUT2D eigenvalue weighted by Crippen LogP contribution is -2.24. The Bertz CT molecular complexity index is 1700. The Morgan fingerprint density at radius 2 is 1.73 bits per heavy atom. The Balaban J connectivity index is 1.52. The van der Waals surface area contributed by atoms with E-state index in [1.54, 1.807) is 12.1 Å². The van der Waals surface area contributed by atoms with Crippen molar-refractivity contribution in [3.63, 3.8) is 0 Å². The maximum atomic E-state index is 15.9. The summed E-state index contributed by atoms with van der Waals surface area (Å²) in [6.45, 7) is 1.73. The number of pyridine rings is 1. The first-order chi connectivity index (χ1) is 21.9. The van der Waals surface area contributed by atoms with Crippen LogP contribution >= 0.6 is 11.8 Å². The molecule has 5 rings (SSSR count). The molecule has 0 radical (unpaired) electrons. The molecule has 1 aliphatic rings. The number of carbonyl (C=O) groups is 1. The SMILES string of the molecule is COC(=O)CCSc1c(F)c(Oc2cc(C#N)ccc2OCc2ccccc2)nc(Oc2ccccc2C2NCCN2C)c1F. The largest absolute Gasteiger partial charge is 0.485 e. The van der Waals surface area contributed by atoms with Gasteiger partial charge in [-0.15, -0.1) is 11.8 Å². The van der Waals surface area contributed by atoms with Gasteiger partial charge in [-0.05, 0) is 30.8 Å². The molecule has 12 heteroatoms. The van der Waals surface area contributed by atoms with E-state index in [2.05, 4.69) is 19.9 Å². The predicted molar refractivity (Wildman–Crippen MR) is 163 cm³/mol. The number of ether oxygens (including phenoxy) is 4. The third-order valence-electron chi connectivity index (χ3n) is 6.94. The van der Waals surface area contributed by atoms with Gasteiger partial charge in [0.05, 0.1) is 36.2 Å². The Morgan fingerprint density at radius 1 is 1.02 bits per heavy atom. The van der Waals surface area contributed by atoms with Gasteiger partial charge in [-0.1, -0.05) is 48.5 Å². The predicted octanol–water partition coefficient (Wildman–Crippen LogP) is 6.58. The number of nitriles is 1. The average molecular weight is 633 g/mol. The van der Waals surface area contributed by atoms with Crippen molar-refractivity contribution in [1.29, 1.82) is 5.26 Å². The molecular weight excluding hydrogens is 602 g/mol. The van der Waals surface area contributed by atoms with E-state index in [0.717, 1.165) is 36.0 Å². The van der Waals surface area contributed by atoms with Crippen LogP contribution in [0.25, 0.3) is 0 Å². The average Bonchev–Trinajstić information content (AvgIpc) is 3.50. The Morgan fingerprint density at radius 3 is 2.42 bits per heavy atom. The van der Waals surface area contributed by atoms with Gasteiger partial charge in [-0.25, -0.2) is 0 Å². The molecule has 1 aromatic heterocycles. The van der Waals surface area contributed by atoms with Gasteiger partial charge in [0, 0.05) is 30.5 Å². The van der Waals surface area contributed by atoms with Crippen LogP contribution in [0.2, 0.25) is 0 Å². The maximum absolute atomic E-state index is 15.9. The van der Waals surface area contributed by atoms with Gasteiger partial charge in [0.2, 0.25) is 11.6 Å². The summed E-state index contributed by atoms with van der Waals surface area (Å²) in [6, 6.07) is 22.9. The fourth-order valence-corrected chi connectivity index (χ4v) is 5.51. The lowest BCUT2D eigenvalue weighted by molar-refractivity contribution is -0.140. The van der Waals surface area contributed by atoms with Crippen LogP contribution in [0.5, 0.6) is 29.0 Å². The van der Waals surface area contributed by atoms with E-state index in [1.807, 2.05) is 55.6 Å². The molecule has 1 atom stereocenters. The summed E-state index contributed by atoms with van der Waals surface area (Å²) in [5, 5.41) is 12.9. The van der Waals surface area contributed by atoms with Crippen molar-refractivity contribution in [3.8, 4) is 35.1 Å². The third kappa shape index (κ3) is 7.69. The quantitative estimate of drug-likeness (QED) is 0.136. The number of rotatable bonds is 12. The highest BCUT2D eigenvalue weighted by atomic mass is 32.2. The molecule has 1 aliphatic heterocycles. The second kappa shape index (κ2) is 14.9. The van der Waals surface area contributed by atoms with E-state index in [-0.39, 0.29) is 42.0 Å². The van der Waals surface area contributed by atoms with Crippen LogP contribution in [0.3, 0.4) is 0 Å². The van der Waals surface area contributed by atoms with Crippen molar-refractivity contribution < 1.29 is 32.5 Å². The lowest BCUT2D eigenvalue weighted by atomic mass is 10.1. The molecule has 4 aromatic rings. The monoisotopic (exact) mass is 632 g/mol. The molecule has 0 amide bonds. The van der Waals surface area contributed by atoms with E-state index in [1.165, 1.54) is 25.3 Å². The van der Waals surface area contributed by atoms with E-state index in [4.69, 9.17) is 14.2 Å². The Hall–Kier alpha value is -4.70. The molecule has 1 fully saturated rings. The minimum Gasteiger partial charge on any atom is -0.485 e. The normalized spacial score (nSPS) is 14.5. The van der Waals surface area contributed by atoms with Gasteiger partial charge in [0.15, 0.2) is 11.5 Å². The van der Waals surface area contributed by atoms with Crippen LogP contribution in [-0.4, -0.2) is 48.9 Å². The van der Waals surface area contributed by atoms with Gasteiger partial charge in [0.1, 0.15) is 12.4 Å². The molecule has 1 saturated heterocycles. The molecular formula is C33H30F2N4O5S. The standard InChI is InChI=1S/C33H30F2N4O5S/c1-39-16-15-37-31(39)23-10-6-7-11-24(23)43-32-28(34)30(45-17-14-27(40)41-2)29(35)33(38-32)44-26-18-22(19-36)12-13-25(26)42-20-21-8-4-3-5-9-21/h3-13,18,31,37H,14-17,20H2,1-2H3. The molecule has 232 valence electrons. The summed E-state index contributed by atoms with van der Waals surface area (Å²) in [5.41, 5.74) is 1.84. The fourth-order valence-electron chi connectivity index (χ4n) is 4.61. The van der Waals surface area contributed by atoms with Crippen molar-refractivity contribution in [1.82, 2.24) is 15.2 Å². The molecule has 2 heterocycles. The first-order valence-electron chi connectivity index (χ1n) is 14.1. The number of nitrogens with one attached hydrogen (secondary N) is 1. The maximum Gasteiger partial charge on any atom is 0.306 e. The Labute approximate surface area is 263 Å². The topological polar surface area (TPSA) is 106 Å². The van der Waals surface area contributed by atoms with E-state index in [0.29, 0.717) is 5.75 Å². The third-order valence-corrected chi connectivity index (χ3v) is 7.99. The molecule has 1 N–H and O–H groups in total. The van der Waals surface area contributed by atoms with Gasteiger partial charge in [-0.3, -0.25) is 15.0 Å². The zero-order valence-corrected chi connectivity index (χ0v) is 25.4. The molecule has 3 aromatic carbocycles. The zero-order chi connectivity index (χ0) is 31.8. The number of halogens is 2. The Kier molecular flexibility index (Phi) is 10.5. The van der Waals surface area contributed by atoms with Gasteiger partial charge < -0.3 is 18.9 Å². The highest BCUT2D eigenvalue weighted by Crippen LogP contribution is 2.41. The van der Waals surface area contributed by atoms with Crippen LogP contribution in [-0.2, 0) is 16.1 Å². The molecule has 0 saturated carbocycles. The van der Waals surface area contributed by atoms with Gasteiger partial charge in [-0.2, -0.15) is 19.0 Å². The van der Waals surface area contributed by atoms with Crippen molar-refractivity contribution >= 4 is 17.7 Å². The van der Waals surface area contributed by atoms with Crippen molar-refractivity contribution in [2.24, 2.45) is 0 Å².